The molecule has 4 aromatic rings. The van der Waals surface area contributed by atoms with Crippen LogP contribution in [0.15, 0.2) is 49.2 Å². The predicted octanol–water partition coefficient (Wildman–Crippen LogP) is 3.13. The first kappa shape index (κ1) is 21.2. The number of aliphatic hydroxyl groups is 1. The van der Waals surface area contributed by atoms with Crippen LogP contribution in [0.1, 0.15) is 35.9 Å². The van der Waals surface area contributed by atoms with Crippen molar-refractivity contribution in [3.8, 4) is 17.2 Å². The maximum Gasteiger partial charge on any atom is 0.259 e. The minimum atomic E-state index is -1.04. The molecule has 4 rings (SSSR count). The molecule has 32 heavy (non-hydrogen) atoms. The molecule has 0 bridgehead atoms. The molecule has 0 fully saturated rings. The van der Waals surface area contributed by atoms with E-state index in [4.69, 9.17) is 0 Å². The number of rotatable bonds is 6. The van der Waals surface area contributed by atoms with Gasteiger partial charge in [-0.2, -0.15) is 0 Å². The molecule has 0 radical (unpaired) electrons. The van der Waals surface area contributed by atoms with Crippen LogP contribution in [-0.4, -0.2) is 40.3 Å². The number of aliphatic hydroxyl groups excluding tert-OH is 1. The molecule has 0 saturated carbocycles. The van der Waals surface area contributed by atoms with E-state index in [1.165, 1.54) is 17.1 Å². The zero-order chi connectivity index (χ0) is 22.8. The molecular formula is C21H19F2N7O2. The molecule has 11 heteroatoms. The van der Waals surface area contributed by atoms with Gasteiger partial charge in [0.25, 0.3) is 5.91 Å². The topological polar surface area (TPSA) is 111 Å². The number of anilines is 1. The molecule has 3 aromatic heterocycles. The van der Waals surface area contributed by atoms with Gasteiger partial charge in [0.05, 0.1) is 36.1 Å². The van der Waals surface area contributed by atoms with Gasteiger partial charge in [-0.25, -0.2) is 18.7 Å². The van der Waals surface area contributed by atoms with Crippen molar-refractivity contribution in [3.63, 3.8) is 0 Å². The first-order chi connectivity index (χ1) is 15.4. The van der Waals surface area contributed by atoms with Gasteiger partial charge in [0, 0.05) is 12.1 Å². The summed E-state index contributed by atoms with van der Waals surface area (Å²) in [5, 5.41) is 19.9. The molecule has 0 unspecified atom stereocenters. The lowest BCUT2D eigenvalue weighted by molar-refractivity contribution is 0.102. The lowest BCUT2D eigenvalue weighted by Gasteiger charge is -2.12. The third-order valence-electron chi connectivity index (χ3n) is 4.77. The fraction of sp³-hybridized carbons (Fsp3) is 0.190. The zero-order valence-corrected chi connectivity index (χ0v) is 17.2. The molecule has 3 heterocycles. The van der Waals surface area contributed by atoms with Gasteiger partial charge < -0.3 is 15.0 Å². The van der Waals surface area contributed by atoms with Crippen molar-refractivity contribution in [2.75, 3.05) is 5.32 Å². The molecular weight excluding hydrogens is 420 g/mol. The van der Waals surface area contributed by atoms with Crippen molar-refractivity contribution < 1.29 is 18.7 Å². The van der Waals surface area contributed by atoms with E-state index in [2.05, 4.69) is 25.5 Å². The van der Waals surface area contributed by atoms with Gasteiger partial charge in [-0.3, -0.25) is 9.36 Å². The third-order valence-corrected chi connectivity index (χ3v) is 4.77. The van der Waals surface area contributed by atoms with Gasteiger partial charge in [-0.15, -0.1) is 10.2 Å². The van der Waals surface area contributed by atoms with Crippen LogP contribution in [-0.2, 0) is 6.61 Å². The van der Waals surface area contributed by atoms with Crippen LogP contribution >= 0.6 is 0 Å². The summed E-state index contributed by atoms with van der Waals surface area (Å²) in [6.45, 7) is 3.53. The number of aromatic nitrogens is 6. The summed E-state index contributed by atoms with van der Waals surface area (Å²) in [6.07, 6.45) is 4.19. The Kier molecular flexibility index (Phi) is 5.73. The van der Waals surface area contributed by atoms with Crippen LogP contribution in [0.5, 0.6) is 0 Å². The number of carbonyl (C=O) groups excluding carboxylic acids is 1. The van der Waals surface area contributed by atoms with E-state index in [-0.39, 0.29) is 23.2 Å². The number of nitrogens with one attached hydrogen (secondary N) is 1. The van der Waals surface area contributed by atoms with E-state index in [0.29, 0.717) is 17.6 Å². The van der Waals surface area contributed by atoms with Gasteiger partial charge in [-0.1, -0.05) is 6.07 Å². The largest absolute Gasteiger partial charge is 0.390 e. The first-order valence-electron chi connectivity index (χ1n) is 9.68. The number of halogens is 2. The van der Waals surface area contributed by atoms with Crippen molar-refractivity contribution in [1.82, 2.24) is 29.3 Å². The van der Waals surface area contributed by atoms with Gasteiger partial charge in [-0.05, 0) is 32.0 Å². The maximum absolute atomic E-state index is 14.4. The molecule has 164 valence electrons. The molecule has 0 atom stereocenters. The quantitative estimate of drug-likeness (QED) is 0.478. The number of hydrogen-bond donors (Lipinski definition) is 2. The fourth-order valence-electron chi connectivity index (χ4n) is 3.17. The zero-order valence-electron chi connectivity index (χ0n) is 17.2. The second-order valence-corrected chi connectivity index (χ2v) is 7.21. The van der Waals surface area contributed by atoms with Crippen molar-refractivity contribution >= 4 is 11.7 Å². The SMILES string of the molecule is CC(C)n1cnnc1-c1cccc(NC(=O)c2cc(-n3cncc3CO)c(F)cc2F)n1. The van der Waals surface area contributed by atoms with Crippen molar-refractivity contribution in [2.45, 2.75) is 26.5 Å². The fourth-order valence-corrected chi connectivity index (χ4v) is 3.17. The van der Waals surface area contributed by atoms with Crippen LogP contribution in [0, 0.1) is 11.6 Å². The Bertz CT molecular complexity index is 1280. The monoisotopic (exact) mass is 439 g/mol. The number of carbonyl (C=O) groups is 1. The van der Waals surface area contributed by atoms with Gasteiger partial charge in [0.1, 0.15) is 29.5 Å². The van der Waals surface area contributed by atoms with Crippen LogP contribution < -0.4 is 5.32 Å². The minimum Gasteiger partial charge on any atom is -0.390 e. The minimum absolute atomic E-state index is 0.0961. The summed E-state index contributed by atoms with van der Waals surface area (Å²) in [5.74, 6) is -2.08. The Morgan fingerprint density at radius 2 is 2.00 bits per heavy atom. The summed E-state index contributed by atoms with van der Waals surface area (Å²) in [4.78, 5) is 21.0. The third kappa shape index (κ3) is 3.97. The lowest BCUT2D eigenvalue weighted by atomic mass is 10.1. The normalized spacial score (nSPS) is 11.2. The number of amides is 1. The van der Waals surface area contributed by atoms with Crippen LogP contribution in [0.25, 0.3) is 17.2 Å². The summed E-state index contributed by atoms with van der Waals surface area (Å²) in [5.41, 5.74) is 0.243. The van der Waals surface area contributed by atoms with Crippen LogP contribution in [0.3, 0.4) is 0 Å². The van der Waals surface area contributed by atoms with Crippen molar-refractivity contribution in [2.24, 2.45) is 0 Å². The van der Waals surface area contributed by atoms with E-state index >= 15 is 0 Å². The van der Waals surface area contributed by atoms with E-state index in [0.717, 1.165) is 6.07 Å². The Morgan fingerprint density at radius 1 is 1.19 bits per heavy atom. The Morgan fingerprint density at radius 3 is 2.75 bits per heavy atom. The number of hydrogen-bond acceptors (Lipinski definition) is 6. The number of nitrogens with zero attached hydrogens (tertiary/aromatic N) is 6. The molecule has 1 amide bonds. The second-order valence-electron chi connectivity index (χ2n) is 7.21. The lowest BCUT2D eigenvalue weighted by Crippen LogP contribution is -2.16. The van der Waals surface area contributed by atoms with E-state index in [1.807, 2.05) is 18.4 Å². The van der Waals surface area contributed by atoms with E-state index < -0.39 is 29.7 Å². The molecule has 0 aliphatic carbocycles. The number of benzene rings is 1. The summed E-state index contributed by atoms with van der Waals surface area (Å²) in [6, 6.07) is 6.69. The highest BCUT2D eigenvalue weighted by Crippen LogP contribution is 2.23. The van der Waals surface area contributed by atoms with Gasteiger partial charge >= 0.3 is 0 Å². The molecule has 1 aromatic carbocycles. The molecule has 2 N–H and O–H groups in total. The van der Waals surface area contributed by atoms with Crippen LogP contribution in [0.2, 0.25) is 0 Å². The molecule has 0 aliphatic rings. The van der Waals surface area contributed by atoms with Gasteiger partial charge in [0.2, 0.25) is 0 Å². The summed E-state index contributed by atoms with van der Waals surface area (Å²) < 4.78 is 31.9. The highest BCUT2D eigenvalue weighted by molar-refractivity contribution is 6.04. The Balaban J connectivity index is 1.65. The van der Waals surface area contributed by atoms with E-state index in [1.54, 1.807) is 24.5 Å². The van der Waals surface area contributed by atoms with Gasteiger partial charge in [0.15, 0.2) is 5.82 Å². The summed E-state index contributed by atoms with van der Waals surface area (Å²) in [7, 11) is 0. The number of imidazole rings is 1. The smallest absolute Gasteiger partial charge is 0.259 e. The van der Waals surface area contributed by atoms with Crippen LogP contribution in [0.4, 0.5) is 14.6 Å². The highest BCUT2D eigenvalue weighted by Gasteiger charge is 2.19. The highest BCUT2D eigenvalue weighted by atomic mass is 19.1. The Hall–Kier alpha value is -3.99. The van der Waals surface area contributed by atoms with Crippen molar-refractivity contribution in [1.29, 1.82) is 0 Å². The van der Waals surface area contributed by atoms with E-state index in [9.17, 15) is 18.7 Å². The first-order valence-corrected chi connectivity index (χ1v) is 9.68. The Labute approximate surface area is 181 Å². The molecule has 0 aliphatic heterocycles. The predicted molar refractivity (Wildman–Crippen MR) is 111 cm³/mol. The standard InChI is InChI=1S/C21H19F2N7O2/c1-12(2)29-11-25-28-20(29)17-4-3-5-19(26-17)27-21(32)14-6-18(16(23)7-15(14)22)30-10-24-8-13(30)9-31/h3-8,10-12,31H,9H2,1-2H3,(H,26,27,32). The van der Waals surface area contributed by atoms with Crippen molar-refractivity contribution in [3.05, 3.63) is 72.1 Å². The second kappa shape index (κ2) is 8.63. The molecule has 0 spiro atoms. The average molecular weight is 439 g/mol. The maximum atomic E-state index is 14.4. The summed E-state index contributed by atoms with van der Waals surface area (Å²) >= 11 is 0. The molecule has 9 nitrogen and oxygen atoms in total. The number of pyridine rings is 1. The average Bonchev–Trinajstić information content (AvgIpc) is 3.43. The molecule has 0 saturated heterocycles.